The lowest BCUT2D eigenvalue weighted by Gasteiger charge is -2.53. The molecule has 1 spiro atoms. The van der Waals surface area contributed by atoms with Gasteiger partial charge in [0.15, 0.2) is 7.98 Å². The zero-order chi connectivity index (χ0) is 16.6. The minimum atomic E-state index is 0.539. The Bertz CT molecular complexity index is 572. The summed E-state index contributed by atoms with van der Waals surface area (Å²) in [5, 5.41) is 3.65. The summed E-state index contributed by atoms with van der Waals surface area (Å²) in [7, 11) is 5.86. The van der Waals surface area contributed by atoms with E-state index < -0.39 is 0 Å². The van der Waals surface area contributed by atoms with Gasteiger partial charge in [0.25, 0.3) is 0 Å². The molecule has 1 saturated carbocycles. The average Bonchev–Trinajstić information content (AvgIpc) is 3.03. The van der Waals surface area contributed by atoms with Crippen LogP contribution in [0.4, 0.5) is 0 Å². The number of hydrogen-bond acceptors (Lipinski definition) is 3. The van der Waals surface area contributed by atoms with Crippen molar-refractivity contribution in [2.24, 2.45) is 5.41 Å². The first-order chi connectivity index (χ1) is 11.6. The zero-order valence-electron chi connectivity index (χ0n) is 14.6. The fourth-order valence-electron chi connectivity index (χ4n) is 4.92. The lowest BCUT2D eigenvalue weighted by atomic mass is 9.66. The Kier molecular flexibility index (Phi) is 4.44. The number of nitrogens with zero attached hydrogens (tertiary/aromatic N) is 2. The molecule has 3 nitrogen and oxygen atoms in total. The first-order valence-corrected chi connectivity index (χ1v) is 9.38. The highest BCUT2D eigenvalue weighted by Gasteiger charge is 2.44. The molecule has 1 N–H and O–H groups in total. The van der Waals surface area contributed by atoms with Crippen molar-refractivity contribution < 1.29 is 0 Å². The summed E-state index contributed by atoms with van der Waals surface area (Å²) >= 11 is 0. The molecule has 126 valence electrons. The lowest BCUT2D eigenvalue weighted by molar-refractivity contribution is 0.00494. The lowest BCUT2D eigenvalue weighted by Crippen LogP contribution is -2.57. The number of likely N-dealkylation sites (tertiary alicyclic amines) is 1. The summed E-state index contributed by atoms with van der Waals surface area (Å²) in [6.45, 7) is 8.83. The summed E-state index contributed by atoms with van der Waals surface area (Å²) in [6, 6.07) is 11.8. The Balaban J connectivity index is 1.26. The number of nitrogens with one attached hydrogen (secondary N) is 1. The average molecular weight is 321 g/mol. The van der Waals surface area contributed by atoms with Crippen molar-refractivity contribution in [1.82, 2.24) is 15.0 Å². The maximum Gasteiger partial charge on any atom is 0.182 e. The molecule has 2 saturated heterocycles. The predicted octanol–water partition coefficient (Wildman–Crippen LogP) is 2.65. The number of rotatable bonds is 4. The third-order valence-electron chi connectivity index (χ3n) is 6.33. The van der Waals surface area contributed by atoms with Crippen LogP contribution in [-0.4, -0.2) is 56.0 Å². The largest absolute Gasteiger partial charge is 0.381 e. The molecule has 2 aliphatic heterocycles. The van der Waals surface area contributed by atoms with Crippen molar-refractivity contribution >= 4 is 13.7 Å². The quantitative estimate of drug-likeness (QED) is 0.860. The van der Waals surface area contributed by atoms with Gasteiger partial charge in [-0.25, -0.2) is 0 Å². The Morgan fingerprint density at radius 1 is 1.12 bits per heavy atom. The Morgan fingerprint density at radius 2 is 1.83 bits per heavy atom. The smallest absolute Gasteiger partial charge is 0.182 e. The molecule has 2 heterocycles. The van der Waals surface area contributed by atoms with Crippen molar-refractivity contribution in [3.8, 4) is 0 Å². The first kappa shape index (κ1) is 16.2. The topological polar surface area (TPSA) is 18.5 Å². The van der Waals surface area contributed by atoms with Crippen molar-refractivity contribution in [2.75, 3.05) is 26.2 Å². The summed E-state index contributed by atoms with van der Waals surface area (Å²) in [4.78, 5) is 4.69. The fourth-order valence-corrected chi connectivity index (χ4v) is 4.92. The SMILES string of the molecule is [B]N1CC2(CCC(N3CCC(NC(=C)c4ccccc4)C3)CC2)C1. The number of benzene rings is 1. The van der Waals surface area contributed by atoms with Crippen molar-refractivity contribution in [3.05, 3.63) is 42.5 Å². The van der Waals surface area contributed by atoms with Crippen LogP contribution in [0.5, 0.6) is 0 Å². The molecule has 4 rings (SSSR count). The van der Waals surface area contributed by atoms with E-state index >= 15 is 0 Å². The van der Waals surface area contributed by atoms with Crippen LogP contribution in [0.2, 0.25) is 0 Å². The van der Waals surface area contributed by atoms with Gasteiger partial charge >= 0.3 is 0 Å². The van der Waals surface area contributed by atoms with Gasteiger partial charge in [0.05, 0.1) is 0 Å². The molecule has 3 aliphatic rings. The van der Waals surface area contributed by atoms with Gasteiger partial charge < -0.3 is 10.1 Å². The molecule has 1 aliphatic carbocycles. The molecular weight excluding hydrogens is 293 g/mol. The Labute approximate surface area is 147 Å². The van der Waals surface area contributed by atoms with Gasteiger partial charge in [0, 0.05) is 30.9 Å². The second-order valence-corrected chi connectivity index (χ2v) is 8.11. The molecule has 0 amide bonds. The van der Waals surface area contributed by atoms with Crippen LogP contribution in [0.25, 0.3) is 5.70 Å². The third-order valence-corrected chi connectivity index (χ3v) is 6.33. The summed E-state index contributed by atoms with van der Waals surface area (Å²) in [6.07, 6.45) is 6.64. The minimum Gasteiger partial charge on any atom is -0.381 e. The van der Waals surface area contributed by atoms with E-state index in [9.17, 15) is 0 Å². The highest BCUT2D eigenvalue weighted by atomic mass is 15.2. The van der Waals surface area contributed by atoms with Crippen molar-refractivity contribution in [2.45, 2.75) is 44.2 Å². The van der Waals surface area contributed by atoms with Gasteiger partial charge in [0.2, 0.25) is 0 Å². The van der Waals surface area contributed by atoms with E-state index in [1.807, 2.05) is 4.81 Å². The molecule has 0 aromatic heterocycles. The molecule has 2 radical (unpaired) electrons. The van der Waals surface area contributed by atoms with Crippen LogP contribution in [0.15, 0.2) is 36.9 Å². The van der Waals surface area contributed by atoms with Crippen LogP contribution in [0, 0.1) is 5.41 Å². The van der Waals surface area contributed by atoms with E-state index in [4.69, 9.17) is 7.98 Å². The Hall–Kier alpha value is -1.26. The van der Waals surface area contributed by atoms with E-state index in [0.29, 0.717) is 11.5 Å². The fraction of sp³-hybridized carbons (Fsp3) is 0.600. The minimum absolute atomic E-state index is 0.539. The highest BCUT2D eigenvalue weighted by molar-refractivity contribution is 6.05. The van der Waals surface area contributed by atoms with E-state index in [2.05, 4.69) is 47.1 Å². The monoisotopic (exact) mass is 321 g/mol. The van der Waals surface area contributed by atoms with Crippen LogP contribution in [0.3, 0.4) is 0 Å². The molecule has 3 fully saturated rings. The molecule has 1 atom stereocenters. The summed E-state index contributed by atoms with van der Waals surface area (Å²) < 4.78 is 0. The van der Waals surface area contributed by atoms with E-state index in [0.717, 1.165) is 31.4 Å². The van der Waals surface area contributed by atoms with Gasteiger partial charge in [0.1, 0.15) is 0 Å². The van der Waals surface area contributed by atoms with Crippen molar-refractivity contribution in [1.29, 1.82) is 0 Å². The Morgan fingerprint density at radius 3 is 2.50 bits per heavy atom. The molecule has 1 unspecified atom stereocenters. The second-order valence-electron chi connectivity index (χ2n) is 8.11. The first-order valence-electron chi connectivity index (χ1n) is 9.38. The van der Waals surface area contributed by atoms with Crippen LogP contribution >= 0.6 is 0 Å². The second kappa shape index (κ2) is 6.57. The molecule has 0 bridgehead atoms. The predicted molar refractivity (Wildman–Crippen MR) is 101 cm³/mol. The molecular formula is C20H28BN3. The van der Waals surface area contributed by atoms with Crippen molar-refractivity contribution in [3.63, 3.8) is 0 Å². The maximum atomic E-state index is 5.86. The maximum absolute atomic E-state index is 5.86. The molecule has 1 aromatic rings. The number of hydrogen-bond donors (Lipinski definition) is 1. The summed E-state index contributed by atoms with van der Waals surface area (Å²) in [5.74, 6) is 0. The van der Waals surface area contributed by atoms with Gasteiger partial charge in [-0.2, -0.15) is 0 Å². The van der Waals surface area contributed by atoms with Crippen LogP contribution in [-0.2, 0) is 0 Å². The highest BCUT2D eigenvalue weighted by Crippen LogP contribution is 2.44. The summed E-state index contributed by atoms with van der Waals surface area (Å²) in [5.41, 5.74) is 2.82. The van der Waals surface area contributed by atoms with Gasteiger partial charge in [-0.15, -0.1) is 0 Å². The van der Waals surface area contributed by atoms with Crippen LogP contribution < -0.4 is 5.32 Å². The zero-order valence-corrected chi connectivity index (χ0v) is 14.6. The van der Waals surface area contributed by atoms with E-state index in [-0.39, 0.29) is 0 Å². The van der Waals surface area contributed by atoms with E-state index in [1.54, 1.807) is 0 Å². The molecule has 1 aromatic carbocycles. The standard InChI is InChI=1S/C20H28BN3/c1-16(17-5-3-2-4-6-17)22-18-9-12-23(13-18)19-7-10-20(11-8-19)14-24(21)15-20/h2-6,18-19,22H,1,7-15H2. The normalized spacial score (nSPS) is 27.9. The van der Waals surface area contributed by atoms with Gasteiger partial charge in [-0.3, -0.25) is 4.90 Å². The third kappa shape index (κ3) is 3.27. The molecule has 24 heavy (non-hydrogen) atoms. The van der Waals surface area contributed by atoms with Gasteiger partial charge in [-0.1, -0.05) is 36.9 Å². The molecule has 4 heteroatoms. The van der Waals surface area contributed by atoms with Gasteiger partial charge in [-0.05, 0) is 56.2 Å². The van der Waals surface area contributed by atoms with Crippen LogP contribution in [0.1, 0.15) is 37.7 Å². The van der Waals surface area contributed by atoms with E-state index in [1.165, 1.54) is 44.2 Å².